The van der Waals surface area contributed by atoms with Gasteiger partial charge >= 0.3 is 11.7 Å². The smallest absolute Gasteiger partial charge is 0.341 e. The van der Waals surface area contributed by atoms with Crippen LogP contribution < -0.4 is 5.32 Å². The molecule has 0 aliphatic heterocycles. The topological polar surface area (TPSA) is 89.5 Å². The summed E-state index contributed by atoms with van der Waals surface area (Å²) in [6.45, 7) is -0.458. The number of hydrogen-bond donors (Lipinski definition) is 1. The summed E-state index contributed by atoms with van der Waals surface area (Å²) in [5.74, 6) is -3.99. The molecule has 1 amide bonds. The zero-order chi connectivity index (χ0) is 19.2. The predicted octanol–water partition coefficient (Wildman–Crippen LogP) is 3.14. The minimum atomic E-state index is -4.67. The van der Waals surface area contributed by atoms with Crippen LogP contribution in [0.3, 0.4) is 0 Å². The minimum Gasteiger partial charge on any atom is -0.456 e. The molecule has 0 bridgehead atoms. The van der Waals surface area contributed by atoms with Gasteiger partial charge in [0, 0.05) is 12.1 Å². The van der Waals surface area contributed by atoms with Crippen LogP contribution >= 0.6 is 0 Å². The third-order valence-electron chi connectivity index (χ3n) is 4.30. The average Bonchev–Trinajstić information content (AvgIpc) is 3.12. The average molecular weight is 389 g/mol. The number of carbonyl (C=O) groups excluding carboxylic acids is 2. The molecule has 0 radical (unpaired) electrons. The summed E-state index contributed by atoms with van der Waals surface area (Å²) in [6.07, 6.45) is 5.69. The fourth-order valence-electron chi connectivity index (χ4n) is 2.87. The van der Waals surface area contributed by atoms with E-state index in [-0.39, 0.29) is 12.1 Å². The normalized spacial score (nSPS) is 15.2. The highest BCUT2D eigenvalue weighted by Crippen LogP contribution is 2.28. The molecule has 1 N–H and O–H groups in total. The number of sulfone groups is 1. The van der Waals surface area contributed by atoms with Gasteiger partial charge in [-0.2, -0.15) is 8.78 Å². The van der Waals surface area contributed by atoms with Crippen LogP contribution in [-0.4, -0.2) is 32.7 Å². The first-order valence-electron chi connectivity index (χ1n) is 8.36. The van der Waals surface area contributed by atoms with Crippen molar-refractivity contribution in [2.75, 3.05) is 11.9 Å². The van der Waals surface area contributed by atoms with Gasteiger partial charge in [0.05, 0.1) is 4.90 Å². The highest BCUT2D eigenvalue weighted by atomic mass is 32.2. The highest BCUT2D eigenvalue weighted by Gasteiger charge is 2.26. The van der Waals surface area contributed by atoms with Gasteiger partial charge in [0.25, 0.3) is 5.91 Å². The van der Waals surface area contributed by atoms with Crippen LogP contribution in [0.15, 0.2) is 29.2 Å². The lowest BCUT2D eigenvalue weighted by Crippen LogP contribution is -2.21. The van der Waals surface area contributed by atoms with Crippen LogP contribution in [0.25, 0.3) is 0 Å². The Bertz CT molecular complexity index is 728. The second kappa shape index (κ2) is 9.07. The van der Waals surface area contributed by atoms with Gasteiger partial charge in [0.2, 0.25) is 9.84 Å². The highest BCUT2D eigenvalue weighted by molar-refractivity contribution is 7.91. The number of ether oxygens (including phenoxy) is 1. The Kier molecular flexibility index (Phi) is 7.07. The van der Waals surface area contributed by atoms with Crippen LogP contribution in [0, 0.1) is 5.92 Å². The fourth-order valence-corrected chi connectivity index (χ4v) is 3.59. The zero-order valence-corrected chi connectivity index (χ0v) is 14.9. The van der Waals surface area contributed by atoms with E-state index < -0.39 is 39.0 Å². The first-order chi connectivity index (χ1) is 12.3. The summed E-state index contributed by atoms with van der Waals surface area (Å²) in [5, 5.41) is 2.40. The molecule has 1 aliphatic rings. The van der Waals surface area contributed by atoms with Crippen molar-refractivity contribution < 1.29 is 31.5 Å². The third kappa shape index (κ3) is 5.76. The molecule has 1 aliphatic carbocycles. The number of amides is 1. The van der Waals surface area contributed by atoms with Crippen molar-refractivity contribution in [2.45, 2.75) is 49.2 Å². The van der Waals surface area contributed by atoms with Crippen LogP contribution in [0.1, 0.15) is 38.5 Å². The van der Waals surface area contributed by atoms with E-state index in [1.54, 1.807) is 0 Å². The Morgan fingerprint density at radius 3 is 2.35 bits per heavy atom. The molecule has 0 saturated heterocycles. The minimum absolute atomic E-state index is 0.213. The molecule has 0 spiro atoms. The summed E-state index contributed by atoms with van der Waals surface area (Å²) in [4.78, 5) is 22.8. The molecule has 26 heavy (non-hydrogen) atoms. The van der Waals surface area contributed by atoms with Crippen LogP contribution in [0.5, 0.6) is 0 Å². The second-order valence-corrected chi connectivity index (χ2v) is 8.15. The van der Waals surface area contributed by atoms with Crippen molar-refractivity contribution in [2.24, 2.45) is 5.92 Å². The number of anilines is 1. The third-order valence-corrected chi connectivity index (χ3v) is 5.70. The quantitative estimate of drug-likeness (QED) is 0.690. The molecule has 1 aromatic rings. The summed E-state index contributed by atoms with van der Waals surface area (Å²) < 4.78 is 52.4. The Morgan fingerprint density at radius 1 is 1.15 bits per heavy atom. The molecule has 0 heterocycles. The van der Waals surface area contributed by atoms with Gasteiger partial charge in [0.15, 0.2) is 6.61 Å². The molecule has 0 aromatic heterocycles. The Balaban J connectivity index is 1.76. The van der Waals surface area contributed by atoms with Crippen LogP contribution in [0.4, 0.5) is 14.5 Å². The SMILES string of the molecule is O=C(COC(=O)CCC1CCCC1)Nc1ccc(S(=O)(=O)C(F)F)cc1. The summed E-state index contributed by atoms with van der Waals surface area (Å²) in [5.41, 5.74) is 0.213. The van der Waals surface area contributed by atoms with Crippen molar-refractivity contribution in [1.29, 1.82) is 0 Å². The summed E-state index contributed by atoms with van der Waals surface area (Å²) in [7, 11) is -4.67. The van der Waals surface area contributed by atoms with Gasteiger partial charge < -0.3 is 10.1 Å². The Labute approximate surface area is 150 Å². The molecule has 1 fully saturated rings. The van der Waals surface area contributed by atoms with Gasteiger partial charge in [0.1, 0.15) is 0 Å². The summed E-state index contributed by atoms with van der Waals surface area (Å²) in [6, 6.07) is 4.33. The molecule has 1 saturated carbocycles. The van der Waals surface area contributed by atoms with Crippen molar-refractivity contribution in [1.82, 2.24) is 0 Å². The number of hydrogen-bond acceptors (Lipinski definition) is 5. The van der Waals surface area contributed by atoms with E-state index in [0.717, 1.165) is 31.4 Å². The lowest BCUT2D eigenvalue weighted by molar-refractivity contribution is -0.147. The molecular weight excluding hydrogens is 368 g/mol. The first kappa shape index (κ1) is 20.3. The van der Waals surface area contributed by atoms with Gasteiger partial charge in [-0.1, -0.05) is 25.7 Å². The Morgan fingerprint density at radius 2 is 1.77 bits per heavy atom. The van der Waals surface area contributed by atoms with E-state index in [9.17, 15) is 26.8 Å². The monoisotopic (exact) mass is 389 g/mol. The molecular formula is C17H21F2NO5S. The van der Waals surface area contributed by atoms with Crippen LogP contribution in [-0.2, 0) is 24.2 Å². The van der Waals surface area contributed by atoms with Gasteiger partial charge in [-0.25, -0.2) is 8.42 Å². The molecule has 6 nitrogen and oxygen atoms in total. The maximum Gasteiger partial charge on any atom is 0.341 e. The molecule has 9 heteroatoms. The number of esters is 1. The predicted molar refractivity (Wildman–Crippen MR) is 90.4 cm³/mol. The number of rotatable bonds is 8. The van der Waals surface area contributed by atoms with Crippen molar-refractivity contribution in [3.63, 3.8) is 0 Å². The van der Waals surface area contributed by atoms with E-state index >= 15 is 0 Å². The van der Waals surface area contributed by atoms with Crippen molar-refractivity contribution >= 4 is 27.4 Å². The largest absolute Gasteiger partial charge is 0.456 e. The standard InChI is InChI=1S/C17H21F2NO5S/c18-17(19)26(23,24)14-8-6-13(7-9-14)20-15(21)11-25-16(22)10-5-12-3-1-2-4-12/h6-9,12,17H,1-5,10-11H2,(H,20,21). The lowest BCUT2D eigenvalue weighted by Gasteiger charge is -2.09. The van der Waals surface area contributed by atoms with E-state index in [4.69, 9.17) is 4.74 Å². The molecule has 0 atom stereocenters. The van der Waals surface area contributed by atoms with E-state index in [2.05, 4.69) is 5.32 Å². The van der Waals surface area contributed by atoms with Gasteiger partial charge in [-0.05, 0) is 36.6 Å². The van der Waals surface area contributed by atoms with E-state index in [1.807, 2.05) is 0 Å². The second-order valence-electron chi connectivity index (χ2n) is 6.23. The number of nitrogens with one attached hydrogen (secondary N) is 1. The zero-order valence-electron chi connectivity index (χ0n) is 14.1. The van der Waals surface area contributed by atoms with E-state index in [1.165, 1.54) is 25.0 Å². The molecule has 0 unspecified atom stereocenters. The molecule has 1 aromatic carbocycles. The van der Waals surface area contributed by atoms with E-state index in [0.29, 0.717) is 5.92 Å². The number of benzene rings is 1. The van der Waals surface area contributed by atoms with Gasteiger partial charge in [-0.15, -0.1) is 0 Å². The van der Waals surface area contributed by atoms with Gasteiger partial charge in [-0.3, -0.25) is 9.59 Å². The summed E-state index contributed by atoms with van der Waals surface area (Å²) >= 11 is 0. The number of halogens is 2. The Hall–Kier alpha value is -2.03. The maximum atomic E-state index is 12.4. The van der Waals surface area contributed by atoms with Crippen LogP contribution in [0.2, 0.25) is 0 Å². The molecule has 144 valence electrons. The van der Waals surface area contributed by atoms with Crippen molar-refractivity contribution in [3.8, 4) is 0 Å². The maximum absolute atomic E-state index is 12.4. The first-order valence-corrected chi connectivity index (χ1v) is 9.91. The number of carbonyl (C=O) groups is 2. The van der Waals surface area contributed by atoms with Crippen molar-refractivity contribution in [3.05, 3.63) is 24.3 Å². The molecule has 2 rings (SSSR count). The lowest BCUT2D eigenvalue weighted by atomic mass is 10.0. The fraction of sp³-hybridized carbons (Fsp3) is 0.529. The number of alkyl halides is 2.